The highest BCUT2D eigenvalue weighted by molar-refractivity contribution is 5.16. The summed E-state index contributed by atoms with van der Waals surface area (Å²) in [5.41, 5.74) is 2.72. The molecule has 0 saturated heterocycles. The van der Waals surface area contributed by atoms with Crippen LogP contribution >= 0.6 is 0 Å². The summed E-state index contributed by atoms with van der Waals surface area (Å²) in [5.74, 6) is 0.481. The van der Waals surface area contributed by atoms with E-state index in [9.17, 15) is 0 Å². The number of hydrogen-bond acceptors (Lipinski definition) is 2. The summed E-state index contributed by atoms with van der Waals surface area (Å²) >= 11 is 0. The minimum atomic E-state index is 0.265. The first-order valence-corrected chi connectivity index (χ1v) is 6.16. The van der Waals surface area contributed by atoms with Gasteiger partial charge in [-0.2, -0.15) is 0 Å². The molecule has 0 spiro atoms. The standard InChI is InChI=1S/C13H25N3/c1-9(2)12-11(8-13(5,6)7)14-15-16(12)10(3)4/h9-10H,8H2,1-7H3. The van der Waals surface area contributed by atoms with Gasteiger partial charge in [-0.1, -0.05) is 39.8 Å². The molecule has 16 heavy (non-hydrogen) atoms. The van der Waals surface area contributed by atoms with Crippen LogP contribution in [0.1, 0.15) is 71.8 Å². The average molecular weight is 223 g/mol. The molecule has 1 heterocycles. The van der Waals surface area contributed by atoms with Crippen molar-refractivity contribution in [1.82, 2.24) is 15.0 Å². The second-order valence-electron chi connectivity index (χ2n) is 6.35. The van der Waals surface area contributed by atoms with E-state index in [0.29, 0.717) is 12.0 Å². The Kier molecular flexibility index (Phi) is 3.76. The SMILES string of the molecule is CC(C)c1c(CC(C)(C)C)nnn1C(C)C. The van der Waals surface area contributed by atoms with Gasteiger partial charge in [-0.05, 0) is 31.6 Å². The molecule has 0 N–H and O–H groups in total. The van der Waals surface area contributed by atoms with E-state index >= 15 is 0 Å². The molecule has 0 unspecified atom stereocenters. The minimum absolute atomic E-state index is 0.265. The molecule has 1 aromatic heterocycles. The summed E-state index contributed by atoms with van der Waals surface area (Å²) in [6.07, 6.45) is 0.993. The second-order valence-corrected chi connectivity index (χ2v) is 6.35. The largest absolute Gasteiger partial charge is 0.246 e. The van der Waals surface area contributed by atoms with E-state index in [2.05, 4.69) is 63.5 Å². The lowest BCUT2D eigenvalue weighted by atomic mass is 9.88. The molecule has 0 aliphatic rings. The lowest BCUT2D eigenvalue weighted by molar-refractivity contribution is 0.403. The predicted octanol–water partition coefficient (Wildman–Crippen LogP) is 3.57. The monoisotopic (exact) mass is 223 g/mol. The van der Waals surface area contributed by atoms with E-state index in [0.717, 1.165) is 12.1 Å². The van der Waals surface area contributed by atoms with Gasteiger partial charge in [0.25, 0.3) is 0 Å². The highest BCUT2D eigenvalue weighted by atomic mass is 15.4. The fourth-order valence-electron chi connectivity index (χ4n) is 1.94. The molecule has 1 rings (SSSR count). The van der Waals surface area contributed by atoms with Crippen LogP contribution in [0.5, 0.6) is 0 Å². The van der Waals surface area contributed by atoms with Gasteiger partial charge in [-0.3, -0.25) is 0 Å². The smallest absolute Gasteiger partial charge is 0.0867 e. The van der Waals surface area contributed by atoms with Crippen molar-refractivity contribution in [1.29, 1.82) is 0 Å². The van der Waals surface area contributed by atoms with Crippen LogP contribution in [0.15, 0.2) is 0 Å². The molecule has 3 nitrogen and oxygen atoms in total. The maximum atomic E-state index is 4.36. The van der Waals surface area contributed by atoms with Crippen LogP contribution in [0.3, 0.4) is 0 Å². The molecule has 0 fully saturated rings. The summed E-state index contributed by atoms with van der Waals surface area (Å²) in [7, 11) is 0. The fourth-order valence-corrected chi connectivity index (χ4v) is 1.94. The first kappa shape index (κ1) is 13.2. The Bertz CT molecular complexity index is 343. The third-order valence-corrected chi connectivity index (χ3v) is 2.54. The molecule has 92 valence electrons. The molecule has 0 saturated carbocycles. The number of hydrogen-bond donors (Lipinski definition) is 0. The van der Waals surface area contributed by atoms with Crippen LogP contribution in [0.25, 0.3) is 0 Å². The molecule has 0 atom stereocenters. The first-order chi connectivity index (χ1) is 7.22. The van der Waals surface area contributed by atoms with Crippen LogP contribution < -0.4 is 0 Å². The first-order valence-electron chi connectivity index (χ1n) is 6.16. The maximum absolute atomic E-state index is 4.36. The normalized spacial score (nSPS) is 12.8. The Balaban J connectivity index is 3.11. The van der Waals surface area contributed by atoms with E-state index in [1.165, 1.54) is 5.69 Å². The molecular weight excluding hydrogens is 198 g/mol. The van der Waals surface area contributed by atoms with Gasteiger partial charge in [0, 0.05) is 6.04 Å². The van der Waals surface area contributed by atoms with Crippen molar-refractivity contribution in [3.63, 3.8) is 0 Å². The molecule has 3 heteroatoms. The van der Waals surface area contributed by atoms with Crippen molar-refractivity contribution in [3.8, 4) is 0 Å². The number of nitrogens with zero attached hydrogens (tertiary/aromatic N) is 3. The summed E-state index contributed by atoms with van der Waals surface area (Å²) < 4.78 is 2.06. The summed E-state index contributed by atoms with van der Waals surface area (Å²) in [4.78, 5) is 0. The molecule has 0 amide bonds. The second kappa shape index (κ2) is 4.56. The van der Waals surface area contributed by atoms with E-state index in [-0.39, 0.29) is 5.41 Å². The lowest BCUT2D eigenvalue weighted by Crippen LogP contribution is -2.14. The van der Waals surface area contributed by atoms with Crippen LogP contribution in [0.4, 0.5) is 0 Å². The molecule has 0 aliphatic heterocycles. The zero-order valence-electron chi connectivity index (χ0n) is 11.7. The summed E-state index contributed by atoms with van der Waals surface area (Å²) in [6, 6.07) is 0.388. The van der Waals surface area contributed by atoms with Gasteiger partial charge < -0.3 is 0 Å². The van der Waals surface area contributed by atoms with Gasteiger partial charge >= 0.3 is 0 Å². The van der Waals surface area contributed by atoms with Crippen molar-refractivity contribution >= 4 is 0 Å². The van der Waals surface area contributed by atoms with E-state index in [4.69, 9.17) is 0 Å². The van der Waals surface area contributed by atoms with Crippen molar-refractivity contribution in [2.24, 2.45) is 5.41 Å². The van der Waals surface area contributed by atoms with Crippen molar-refractivity contribution < 1.29 is 0 Å². The molecule has 0 radical (unpaired) electrons. The molecule has 1 aromatic rings. The zero-order chi connectivity index (χ0) is 12.5. The number of rotatable bonds is 3. The quantitative estimate of drug-likeness (QED) is 0.784. The van der Waals surface area contributed by atoms with Crippen LogP contribution in [0.2, 0.25) is 0 Å². The van der Waals surface area contributed by atoms with Crippen molar-refractivity contribution in [2.45, 2.75) is 66.8 Å². The lowest BCUT2D eigenvalue weighted by Gasteiger charge is -2.19. The predicted molar refractivity (Wildman–Crippen MR) is 67.7 cm³/mol. The Morgan fingerprint density at radius 1 is 1.12 bits per heavy atom. The third-order valence-electron chi connectivity index (χ3n) is 2.54. The summed E-state index contributed by atoms with van der Waals surface area (Å²) in [6.45, 7) is 15.5. The van der Waals surface area contributed by atoms with Crippen molar-refractivity contribution in [2.75, 3.05) is 0 Å². The van der Waals surface area contributed by atoms with Gasteiger partial charge in [0.05, 0.1) is 11.4 Å². The highest BCUT2D eigenvalue weighted by Crippen LogP contribution is 2.26. The van der Waals surface area contributed by atoms with E-state index < -0.39 is 0 Å². The summed E-state index contributed by atoms with van der Waals surface area (Å²) in [5, 5.41) is 8.64. The maximum Gasteiger partial charge on any atom is 0.0867 e. The third kappa shape index (κ3) is 3.06. The molecule has 0 bridgehead atoms. The van der Waals surface area contributed by atoms with Gasteiger partial charge in [0.1, 0.15) is 0 Å². The van der Waals surface area contributed by atoms with Gasteiger partial charge in [0.15, 0.2) is 0 Å². The van der Waals surface area contributed by atoms with Crippen LogP contribution in [-0.2, 0) is 6.42 Å². The highest BCUT2D eigenvalue weighted by Gasteiger charge is 2.22. The Morgan fingerprint density at radius 2 is 1.69 bits per heavy atom. The average Bonchev–Trinajstić information content (AvgIpc) is 2.44. The van der Waals surface area contributed by atoms with Gasteiger partial charge in [-0.25, -0.2) is 4.68 Å². The van der Waals surface area contributed by atoms with Crippen LogP contribution in [-0.4, -0.2) is 15.0 Å². The Hall–Kier alpha value is -0.860. The van der Waals surface area contributed by atoms with Gasteiger partial charge in [0.2, 0.25) is 0 Å². The topological polar surface area (TPSA) is 30.7 Å². The van der Waals surface area contributed by atoms with E-state index in [1.807, 2.05) is 0 Å². The van der Waals surface area contributed by atoms with E-state index in [1.54, 1.807) is 0 Å². The zero-order valence-corrected chi connectivity index (χ0v) is 11.7. The Morgan fingerprint density at radius 3 is 2.06 bits per heavy atom. The fraction of sp³-hybridized carbons (Fsp3) is 0.846. The minimum Gasteiger partial charge on any atom is -0.246 e. The van der Waals surface area contributed by atoms with Crippen LogP contribution in [0, 0.1) is 5.41 Å². The van der Waals surface area contributed by atoms with Gasteiger partial charge in [-0.15, -0.1) is 5.10 Å². The molecular formula is C13H25N3. The van der Waals surface area contributed by atoms with Crippen molar-refractivity contribution in [3.05, 3.63) is 11.4 Å². The number of aromatic nitrogens is 3. The molecule has 0 aliphatic carbocycles. The Labute approximate surface area is 99.2 Å². The molecule has 0 aromatic carbocycles.